The zero-order valence-electron chi connectivity index (χ0n) is 8.79. The molecular weight excluding hydrogens is 210 g/mol. The van der Waals surface area contributed by atoms with Crippen LogP contribution in [-0.2, 0) is 12.5 Å². The SMILES string of the molecule is Cn1c(C2(C)CC2)cc2ncc(Cl)nc21. The van der Waals surface area contributed by atoms with E-state index in [1.54, 1.807) is 6.20 Å². The topological polar surface area (TPSA) is 30.7 Å². The summed E-state index contributed by atoms with van der Waals surface area (Å²) in [6.07, 6.45) is 4.11. The molecule has 0 N–H and O–H groups in total. The van der Waals surface area contributed by atoms with Gasteiger partial charge in [0.1, 0.15) is 10.7 Å². The molecule has 0 unspecified atom stereocenters. The molecule has 0 spiro atoms. The lowest BCUT2D eigenvalue weighted by atomic mass is 10.1. The summed E-state index contributed by atoms with van der Waals surface area (Å²) < 4.78 is 2.11. The number of aryl methyl sites for hydroxylation is 1. The highest BCUT2D eigenvalue weighted by atomic mass is 35.5. The Hall–Kier alpha value is -1.09. The fraction of sp³-hybridized carbons (Fsp3) is 0.455. The maximum Gasteiger partial charge on any atom is 0.160 e. The number of rotatable bonds is 1. The Labute approximate surface area is 93.1 Å². The van der Waals surface area contributed by atoms with Crippen molar-refractivity contribution in [2.24, 2.45) is 7.05 Å². The number of hydrogen-bond donors (Lipinski definition) is 0. The van der Waals surface area contributed by atoms with Crippen molar-refractivity contribution < 1.29 is 0 Å². The quantitative estimate of drug-likeness (QED) is 0.741. The fourth-order valence-corrected chi connectivity index (χ4v) is 2.21. The lowest BCUT2D eigenvalue weighted by molar-refractivity contribution is 0.696. The largest absolute Gasteiger partial charge is 0.331 e. The molecule has 0 amide bonds. The molecule has 1 saturated carbocycles. The van der Waals surface area contributed by atoms with Crippen molar-refractivity contribution in [1.82, 2.24) is 14.5 Å². The summed E-state index contributed by atoms with van der Waals surface area (Å²) >= 11 is 5.84. The molecule has 0 atom stereocenters. The van der Waals surface area contributed by atoms with E-state index in [2.05, 4.69) is 27.5 Å². The maximum absolute atomic E-state index is 5.84. The number of aromatic nitrogens is 3. The third-order valence-corrected chi connectivity index (χ3v) is 3.50. The van der Waals surface area contributed by atoms with Gasteiger partial charge in [-0.2, -0.15) is 0 Å². The molecule has 78 valence electrons. The average molecular weight is 222 g/mol. The lowest BCUT2D eigenvalue weighted by Crippen LogP contribution is -2.06. The van der Waals surface area contributed by atoms with E-state index in [1.165, 1.54) is 18.5 Å². The van der Waals surface area contributed by atoms with Crippen molar-refractivity contribution in [3.05, 3.63) is 23.1 Å². The highest BCUT2D eigenvalue weighted by Gasteiger charge is 2.41. The third kappa shape index (κ3) is 1.26. The Kier molecular flexibility index (Phi) is 1.67. The van der Waals surface area contributed by atoms with Crippen LogP contribution < -0.4 is 0 Å². The average Bonchev–Trinajstić information content (AvgIpc) is 2.86. The minimum atomic E-state index is 0.337. The highest BCUT2D eigenvalue weighted by molar-refractivity contribution is 6.29. The summed E-state index contributed by atoms with van der Waals surface area (Å²) in [5, 5.41) is 0.455. The molecule has 2 aromatic rings. The predicted octanol–water partition coefficient (Wildman–Crippen LogP) is 2.67. The maximum atomic E-state index is 5.84. The molecule has 0 saturated heterocycles. The third-order valence-electron chi connectivity index (χ3n) is 3.32. The lowest BCUT2D eigenvalue weighted by Gasteiger charge is -2.09. The minimum Gasteiger partial charge on any atom is -0.331 e. The highest BCUT2D eigenvalue weighted by Crippen LogP contribution is 2.48. The molecule has 1 aliphatic rings. The van der Waals surface area contributed by atoms with E-state index in [0.29, 0.717) is 10.6 Å². The number of nitrogens with zero attached hydrogens (tertiary/aromatic N) is 3. The van der Waals surface area contributed by atoms with Crippen molar-refractivity contribution in [3.63, 3.8) is 0 Å². The summed E-state index contributed by atoms with van der Waals surface area (Å²) in [6, 6.07) is 2.13. The van der Waals surface area contributed by atoms with Crippen molar-refractivity contribution in [2.45, 2.75) is 25.2 Å². The van der Waals surface area contributed by atoms with Crippen LogP contribution in [0.1, 0.15) is 25.5 Å². The van der Waals surface area contributed by atoms with Gasteiger partial charge in [-0.1, -0.05) is 18.5 Å². The normalized spacial score (nSPS) is 18.3. The second kappa shape index (κ2) is 2.73. The number of hydrogen-bond acceptors (Lipinski definition) is 2. The van der Waals surface area contributed by atoms with Gasteiger partial charge in [0.05, 0.1) is 6.20 Å². The van der Waals surface area contributed by atoms with Gasteiger partial charge in [0.15, 0.2) is 5.65 Å². The van der Waals surface area contributed by atoms with Crippen LogP contribution in [-0.4, -0.2) is 14.5 Å². The Morgan fingerprint density at radius 1 is 1.47 bits per heavy atom. The number of fused-ring (bicyclic) bond motifs is 1. The molecule has 3 rings (SSSR count). The first-order valence-corrected chi connectivity index (χ1v) is 5.46. The fourth-order valence-electron chi connectivity index (χ4n) is 2.08. The molecule has 0 aromatic carbocycles. The van der Waals surface area contributed by atoms with Crippen LogP contribution in [0.5, 0.6) is 0 Å². The van der Waals surface area contributed by atoms with Crippen LogP contribution in [0.2, 0.25) is 5.15 Å². The van der Waals surface area contributed by atoms with E-state index in [-0.39, 0.29) is 0 Å². The van der Waals surface area contributed by atoms with Crippen molar-refractivity contribution in [1.29, 1.82) is 0 Å². The van der Waals surface area contributed by atoms with Gasteiger partial charge < -0.3 is 4.57 Å². The summed E-state index contributed by atoms with van der Waals surface area (Å²) in [5.74, 6) is 0. The van der Waals surface area contributed by atoms with Gasteiger partial charge in [0.2, 0.25) is 0 Å². The van der Waals surface area contributed by atoms with Crippen molar-refractivity contribution in [3.8, 4) is 0 Å². The second-order valence-corrected chi connectivity index (χ2v) is 4.94. The zero-order chi connectivity index (χ0) is 10.6. The molecule has 4 heteroatoms. The molecule has 2 heterocycles. The van der Waals surface area contributed by atoms with Crippen LogP contribution >= 0.6 is 11.6 Å². The number of halogens is 1. The first-order chi connectivity index (χ1) is 7.10. The molecule has 2 aromatic heterocycles. The Morgan fingerprint density at radius 2 is 2.20 bits per heavy atom. The second-order valence-electron chi connectivity index (χ2n) is 4.55. The Morgan fingerprint density at radius 3 is 2.87 bits per heavy atom. The molecule has 3 nitrogen and oxygen atoms in total. The molecule has 0 radical (unpaired) electrons. The van der Waals surface area contributed by atoms with E-state index in [4.69, 9.17) is 11.6 Å². The molecule has 0 aliphatic heterocycles. The van der Waals surface area contributed by atoms with Crippen molar-refractivity contribution in [2.75, 3.05) is 0 Å². The van der Waals surface area contributed by atoms with Gasteiger partial charge >= 0.3 is 0 Å². The molecule has 15 heavy (non-hydrogen) atoms. The zero-order valence-corrected chi connectivity index (χ0v) is 9.54. The summed E-state index contributed by atoms with van der Waals surface area (Å²) in [4.78, 5) is 8.59. The van der Waals surface area contributed by atoms with E-state index < -0.39 is 0 Å². The van der Waals surface area contributed by atoms with Crippen LogP contribution in [0.4, 0.5) is 0 Å². The molecular formula is C11H12ClN3. The van der Waals surface area contributed by atoms with Gasteiger partial charge in [-0.3, -0.25) is 0 Å². The Bertz CT molecular complexity index is 540. The van der Waals surface area contributed by atoms with E-state index >= 15 is 0 Å². The van der Waals surface area contributed by atoms with Crippen LogP contribution in [0.15, 0.2) is 12.3 Å². The summed E-state index contributed by atoms with van der Waals surface area (Å²) in [5.41, 5.74) is 3.47. The van der Waals surface area contributed by atoms with Gasteiger partial charge in [-0.15, -0.1) is 0 Å². The van der Waals surface area contributed by atoms with E-state index in [0.717, 1.165) is 11.2 Å². The minimum absolute atomic E-state index is 0.337. The van der Waals surface area contributed by atoms with Crippen LogP contribution in [0, 0.1) is 0 Å². The van der Waals surface area contributed by atoms with Gasteiger partial charge in [-0.05, 0) is 18.9 Å². The first-order valence-electron chi connectivity index (χ1n) is 5.09. The van der Waals surface area contributed by atoms with Gasteiger partial charge in [-0.25, -0.2) is 9.97 Å². The monoisotopic (exact) mass is 221 g/mol. The van der Waals surface area contributed by atoms with Crippen molar-refractivity contribution >= 4 is 22.8 Å². The molecule has 0 bridgehead atoms. The predicted molar refractivity (Wildman–Crippen MR) is 60.1 cm³/mol. The summed E-state index contributed by atoms with van der Waals surface area (Å²) in [6.45, 7) is 2.28. The van der Waals surface area contributed by atoms with E-state index in [9.17, 15) is 0 Å². The summed E-state index contributed by atoms with van der Waals surface area (Å²) in [7, 11) is 2.03. The van der Waals surface area contributed by atoms with Crippen LogP contribution in [0.3, 0.4) is 0 Å². The first kappa shape index (κ1) is 9.16. The van der Waals surface area contributed by atoms with Gasteiger partial charge in [0.25, 0.3) is 0 Å². The Balaban J connectivity index is 2.29. The van der Waals surface area contributed by atoms with Gasteiger partial charge in [0, 0.05) is 18.2 Å². The molecule has 1 aliphatic carbocycles. The molecule has 1 fully saturated rings. The van der Waals surface area contributed by atoms with E-state index in [1.807, 2.05) is 7.05 Å². The smallest absolute Gasteiger partial charge is 0.160 e. The standard InChI is InChI=1S/C11H12ClN3/c1-11(3-4-11)8-5-7-10(15(8)2)14-9(12)6-13-7/h5-6H,3-4H2,1-2H3. The van der Waals surface area contributed by atoms with Crippen LogP contribution in [0.25, 0.3) is 11.2 Å².